The van der Waals surface area contributed by atoms with Crippen molar-refractivity contribution in [2.24, 2.45) is 0 Å². The number of aromatic nitrogens is 4. The van der Waals surface area contributed by atoms with Crippen molar-refractivity contribution in [3.63, 3.8) is 0 Å². The van der Waals surface area contributed by atoms with Gasteiger partial charge in [0.1, 0.15) is 6.54 Å². The summed E-state index contributed by atoms with van der Waals surface area (Å²) < 4.78 is 16.5. The lowest BCUT2D eigenvalue weighted by atomic mass is 10.2. The van der Waals surface area contributed by atoms with Gasteiger partial charge in [-0.05, 0) is 44.2 Å². The van der Waals surface area contributed by atoms with Gasteiger partial charge in [0.25, 0.3) is 0 Å². The van der Waals surface area contributed by atoms with Crippen LogP contribution in [0.25, 0.3) is 11.4 Å². The van der Waals surface area contributed by atoms with Crippen LogP contribution in [-0.2, 0) is 16.1 Å². The Bertz CT molecular complexity index is 784. The third-order valence-electron chi connectivity index (χ3n) is 4.22. The highest BCUT2D eigenvalue weighted by Gasteiger charge is 2.26. The summed E-state index contributed by atoms with van der Waals surface area (Å²) in [5.74, 6) is 1.63. The average molecular weight is 375 g/mol. The molecule has 1 fully saturated rings. The van der Waals surface area contributed by atoms with E-state index in [-0.39, 0.29) is 24.7 Å². The predicted octanol–water partition coefficient (Wildman–Crippen LogP) is 1.38. The van der Waals surface area contributed by atoms with E-state index >= 15 is 0 Å². The Morgan fingerprint density at radius 3 is 2.67 bits per heavy atom. The van der Waals surface area contributed by atoms with Crippen LogP contribution < -0.4 is 9.47 Å². The summed E-state index contributed by atoms with van der Waals surface area (Å²) in [5.41, 5.74) is 0.742. The molecule has 0 aliphatic carbocycles. The van der Waals surface area contributed by atoms with Crippen LogP contribution in [0.2, 0.25) is 0 Å². The van der Waals surface area contributed by atoms with Gasteiger partial charge < -0.3 is 19.1 Å². The number of rotatable bonds is 6. The lowest BCUT2D eigenvalue weighted by Crippen LogP contribution is -2.49. The summed E-state index contributed by atoms with van der Waals surface area (Å²) >= 11 is 0. The monoisotopic (exact) mass is 375 g/mol. The van der Waals surface area contributed by atoms with Crippen LogP contribution in [-0.4, -0.2) is 70.0 Å². The molecular formula is C18H25N5O4. The third kappa shape index (κ3) is 4.54. The largest absolute Gasteiger partial charge is 0.493 e. The molecule has 2 atom stereocenters. The fourth-order valence-corrected chi connectivity index (χ4v) is 3.11. The van der Waals surface area contributed by atoms with Gasteiger partial charge in [0.15, 0.2) is 11.5 Å². The van der Waals surface area contributed by atoms with E-state index in [1.807, 2.05) is 26.8 Å². The summed E-state index contributed by atoms with van der Waals surface area (Å²) in [6.45, 7) is 7.52. The molecular weight excluding hydrogens is 350 g/mol. The van der Waals surface area contributed by atoms with Crippen molar-refractivity contribution >= 4 is 5.91 Å². The summed E-state index contributed by atoms with van der Waals surface area (Å²) in [6.07, 6.45) is 0.0431. The molecule has 9 heteroatoms. The smallest absolute Gasteiger partial charge is 0.246 e. The lowest BCUT2D eigenvalue weighted by molar-refractivity contribution is -0.144. The molecule has 2 heterocycles. The summed E-state index contributed by atoms with van der Waals surface area (Å²) in [5, 5.41) is 12.4. The van der Waals surface area contributed by atoms with E-state index in [2.05, 4.69) is 15.4 Å². The molecule has 0 spiro atoms. The van der Waals surface area contributed by atoms with Crippen LogP contribution in [0.15, 0.2) is 18.2 Å². The number of nitrogens with zero attached hydrogens (tertiary/aromatic N) is 5. The fourth-order valence-electron chi connectivity index (χ4n) is 3.11. The van der Waals surface area contributed by atoms with Crippen LogP contribution in [0.4, 0.5) is 0 Å². The van der Waals surface area contributed by atoms with Crippen molar-refractivity contribution in [3.05, 3.63) is 18.2 Å². The van der Waals surface area contributed by atoms with Gasteiger partial charge in [-0.2, -0.15) is 4.80 Å². The third-order valence-corrected chi connectivity index (χ3v) is 4.22. The molecule has 1 saturated heterocycles. The molecule has 2 aromatic rings. The highest BCUT2D eigenvalue weighted by molar-refractivity contribution is 5.76. The number of ether oxygens (including phenoxy) is 3. The van der Waals surface area contributed by atoms with Crippen molar-refractivity contribution in [3.8, 4) is 22.9 Å². The molecule has 1 aromatic heterocycles. The molecule has 3 rings (SSSR count). The van der Waals surface area contributed by atoms with E-state index in [9.17, 15) is 4.79 Å². The molecule has 1 aliphatic rings. The Morgan fingerprint density at radius 2 is 2.00 bits per heavy atom. The number of benzene rings is 1. The maximum atomic E-state index is 12.5. The fraction of sp³-hybridized carbons (Fsp3) is 0.556. The second-order valence-electron chi connectivity index (χ2n) is 6.50. The first-order valence-corrected chi connectivity index (χ1v) is 9.02. The highest BCUT2D eigenvalue weighted by Crippen LogP contribution is 2.31. The maximum absolute atomic E-state index is 12.5. The Kier molecular flexibility index (Phi) is 5.90. The van der Waals surface area contributed by atoms with Gasteiger partial charge in [-0.15, -0.1) is 10.2 Å². The van der Waals surface area contributed by atoms with E-state index in [1.165, 1.54) is 4.80 Å². The van der Waals surface area contributed by atoms with Gasteiger partial charge in [0.05, 0.1) is 25.9 Å². The SMILES string of the molecule is CCOc1cc(-c2nnn(CC(=O)N3C[C@@H](C)O[C@@H](C)C3)n2)ccc1OC. The molecule has 27 heavy (non-hydrogen) atoms. The topological polar surface area (TPSA) is 91.6 Å². The van der Waals surface area contributed by atoms with Gasteiger partial charge in [-0.3, -0.25) is 4.79 Å². The molecule has 1 aromatic carbocycles. The molecule has 0 N–H and O–H groups in total. The van der Waals surface area contributed by atoms with Crippen molar-refractivity contribution < 1.29 is 19.0 Å². The quantitative estimate of drug-likeness (QED) is 0.753. The number of methoxy groups -OCH3 is 1. The summed E-state index contributed by atoms with van der Waals surface area (Å²) in [7, 11) is 1.59. The number of carbonyl (C=O) groups is 1. The number of hydrogen-bond acceptors (Lipinski definition) is 7. The molecule has 146 valence electrons. The molecule has 0 radical (unpaired) electrons. The molecule has 0 saturated carbocycles. The van der Waals surface area contributed by atoms with E-state index in [0.29, 0.717) is 37.0 Å². The standard InChI is InChI=1S/C18H25N5O4/c1-5-26-16-8-14(6-7-15(16)25-4)18-19-21-23(20-18)11-17(24)22-9-12(2)27-13(3)10-22/h6-8,12-13H,5,9-11H2,1-4H3/t12-,13+. The molecule has 1 amide bonds. The van der Waals surface area contributed by atoms with Gasteiger partial charge in [-0.1, -0.05) is 0 Å². The first-order chi connectivity index (χ1) is 13.0. The Labute approximate surface area is 158 Å². The van der Waals surface area contributed by atoms with Crippen LogP contribution in [0.3, 0.4) is 0 Å². The predicted molar refractivity (Wildman–Crippen MR) is 97.6 cm³/mol. The zero-order chi connectivity index (χ0) is 19.4. The number of tetrazole rings is 1. The lowest BCUT2D eigenvalue weighted by Gasteiger charge is -2.35. The summed E-state index contributed by atoms with van der Waals surface area (Å²) in [6, 6.07) is 5.43. The van der Waals surface area contributed by atoms with Crippen LogP contribution in [0, 0.1) is 0 Å². The second-order valence-corrected chi connectivity index (χ2v) is 6.50. The van der Waals surface area contributed by atoms with Crippen molar-refractivity contribution in [2.45, 2.75) is 39.5 Å². The minimum Gasteiger partial charge on any atom is -0.493 e. The summed E-state index contributed by atoms with van der Waals surface area (Å²) in [4.78, 5) is 15.6. The van der Waals surface area contributed by atoms with E-state index in [1.54, 1.807) is 24.1 Å². The average Bonchev–Trinajstić information content (AvgIpc) is 3.09. The van der Waals surface area contributed by atoms with Gasteiger partial charge in [0, 0.05) is 18.7 Å². The zero-order valence-corrected chi connectivity index (χ0v) is 16.1. The Morgan fingerprint density at radius 1 is 1.26 bits per heavy atom. The normalized spacial score (nSPS) is 19.8. The van der Waals surface area contributed by atoms with Crippen molar-refractivity contribution in [1.82, 2.24) is 25.1 Å². The molecule has 0 unspecified atom stereocenters. The minimum atomic E-state index is -0.0503. The molecule has 1 aliphatic heterocycles. The van der Waals surface area contributed by atoms with Gasteiger partial charge in [-0.25, -0.2) is 0 Å². The van der Waals surface area contributed by atoms with E-state index in [4.69, 9.17) is 14.2 Å². The van der Waals surface area contributed by atoms with Gasteiger partial charge >= 0.3 is 0 Å². The zero-order valence-electron chi connectivity index (χ0n) is 16.1. The highest BCUT2D eigenvalue weighted by atomic mass is 16.5. The van der Waals surface area contributed by atoms with Crippen molar-refractivity contribution in [2.75, 3.05) is 26.8 Å². The first-order valence-electron chi connectivity index (χ1n) is 9.02. The maximum Gasteiger partial charge on any atom is 0.246 e. The minimum absolute atomic E-state index is 0.0215. The van der Waals surface area contributed by atoms with Gasteiger partial charge in [0.2, 0.25) is 11.7 Å². The number of amides is 1. The Hall–Kier alpha value is -2.68. The number of carbonyl (C=O) groups excluding carboxylic acids is 1. The van der Waals surface area contributed by atoms with Crippen LogP contribution in [0.1, 0.15) is 20.8 Å². The van der Waals surface area contributed by atoms with E-state index < -0.39 is 0 Å². The van der Waals surface area contributed by atoms with Crippen molar-refractivity contribution in [1.29, 1.82) is 0 Å². The number of hydrogen-bond donors (Lipinski definition) is 0. The first kappa shape index (κ1) is 19.1. The number of morpholine rings is 1. The molecule has 9 nitrogen and oxygen atoms in total. The molecule has 0 bridgehead atoms. The van der Waals surface area contributed by atoms with Crippen LogP contribution in [0.5, 0.6) is 11.5 Å². The second kappa shape index (κ2) is 8.34. The Balaban J connectivity index is 1.71. The van der Waals surface area contributed by atoms with Crippen LogP contribution >= 0.6 is 0 Å². The van der Waals surface area contributed by atoms with E-state index in [0.717, 1.165) is 5.56 Å².